The van der Waals surface area contributed by atoms with Crippen molar-refractivity contribution in [2.24, 2.45) is 0 Å². The summed E-state index contributed by atoms with van der Waals surface area (Å²) < 4.78 is 46.6. The van der Waals surface area contributed by atoms with Gasteiger partial charge in [-0.2, -0.15) is 0 Å². The van der Waals surface area contributed by atoms with Gasteiger partial charge in [0.05, 0.1) is 11.0 Å². The van der Waals surface area contributed by atoms with Crippen molar-refractivity contribution in [3.05, 3.63) is 51.7 Å². The third-order valence-corrected chi connectivity index (χ3v) is 6.26. The van der Waals surface area contributed by atoms with E-state index in [1.54, 1.807) is 0 Å². The standard InChI is InChI=1S/C21H17F3N4O4S/c1-4-13-9(2)14-15(25)18(33-19(14)26-10(13)3)17(29)16-20(30)32-27-28(16)11-5-7-12(8-6-11)31-21(22,23)24/h5-8H,4H2,1-3H3,(H2-,25,27,29,30). The van der Waals surface area contributed by atoms with Gasteiger partial charge in [-0.3, -0.25) is 4.79 Å². The number of thiophene rings is 1. The lowest BCUT2D eigenvalue weighted by atomic mass is 10.0. The van der Waals surface area contributed by atoms with E-state index in [4.69, 9.17) is 5.73 Å². The molecular weight excluding hydrogens is 461 g/mol. The van der Waals surface area contributed by atoms with Crippen molar-refractivity contribution in [1.82, 2.24) is 10.3 Å². The quantitative estimate of drug-likeness (QED) is 0.344. The Morgan fingerprint density at radius 2 is 1.94 bits per heavy atom. The van der Waals surface area contributed by atoms with Crippen LogP contribution in [0.15, 0.2) is 28.8 Å². The van der Waals surface area contributed by atoms with Gasteiger partial charge in [-0.05, 0) is 48.2 Å². The zero-order valence-corrected chi connectivity index (χ0v) is 18.4. The number of hydrogen-bond donors (Lipinski definition) is 1. The Labute approximate surface area is 189 Å². The number of hydrogen-bond acceptors (Lipinski definition) is 8. The average Bonchev–Trinajstić information content (AvgIpc) is 3.27. The number of carbonyl (C=O) groups excluding carboxylic acids is 1. The first-order valence-electron chi connectivity index (χ1n) is 9.69. The molecule has 172 valence electrons. The second-order valence-electron chi connectivity index (χ2n) is 7.17. The van der Waals surface area contributed by atoms with Gasteiger partial charge < -0.3 is 20.1 Å². The number of pyridine rings is 1. The predicted octanol–water partition coefficient (Wildman–Crippen LogP) is 3.53. The zero-order valence-electron chi connectivity index (χ0n) is 17.6. The van der Waals surface area contributed by atoms with E-state index in [0.717, 1.165) is 51.4 Å². The summed E-state index contributed by atoms with van der Waals surface area (Å²) in [4.78, 5) is 18.5. The van der Waals surface area contributed by atoms with Gasteiger partial charge in [-0.15, -0.1) is 24.5 Å². The first-order chi connectivity index (χ1) is 15.5. The lowest BCUT2D eigenvalue weighted by Gasteiger charge is -2.08. The van der Waals surface area contributed by atoms with E-state index in [1.165, 1.54) is 12.1 Å². The summed E-state index contributed by atoms with van der Waals surface area (Å²) in [5.74, 6) is -2.21. The molecular formula is C21H17F3N4O4S. The van der Waals surface area contributed by atoms with E-state index in [-0.39, 0.29) is 16.3 Å². The number of rotatable bonds is 5. The monoisotopic (exact) mass is 478 g/mol. The molecule has 0 unspecified atom stereocenters. The van der Waals surface area contributed by atoms with Crippen LogP contribution >= 0.6 is 11.3 Å². The minimum absolute atomic E-state index is 0.0966. The Morgan fingerprint density at radius 1 is 1.27 bits per heavy atom. The number of halogens is 3. The Hall–Kier alpha value is -3.67. The van der Waals surface area contributed by atoms with E-state index in [0.29, 0.717) is 10.2 Å². The summed E-state index contributed by atoms with van der Waals surface area (Å²) in [7, 11) is 0. The number of carbonyl (C=O) groups is 1. The van der Waals surface area contributed by atoms with Gasteiger partial charge in [-0.1, -0.05) is 6.92 Å². The van der Waals surface area contributed by atoms with E-state index in [1.807, 2.05) is 20.8 Å². The molecule has 0 atom stereocenters. The number of aromatic nitrogens is 3. The molecule has 0 fully saturated rings. The van der Waals surface area contributed by atoms with Crippen LogP contribution in [-0.2, 0) is 6.42 Å². The molecule has 1 aromatic carbocycles. The summed E-state index contributed by atoms with van der Waals surface area (Å²) in [5.41, 5.74) is 8.94. The maximum absolute atomic E-state index is 13.3. The highest BCUT2D eigenvalue weighted by molar-refractivity contribution is 7.21. The third kappa shape index (κ3) is 3.97. The molecule has 0 radical (unpaired) electrons. The SMILES string of the molecule is CCc1c(C)nc2sc(C(=O)c3c([O-])on[n+]3-c3ccc(OC(F)(F)F)cc3)c(N)c2c1C. The predicted molar refractivity (Wildman–Crippen MR) is 110 cm³/mol. The van der Waals surface area contributed by atoms with Gasteiger partial charge in [0.15, 0.2) is 5.95 Å². The highest BCUT2D eigenvalue weighted by Gasteiger charge is 2.34. The second kappa shape index (κ2) is 8.03. The number of fused-ring (bicyclic) bond motifs is 1. The number of nitrogens with two attached hydrogens (primary N) is 1. The number of anilines is 1. The normalized spacial score (nSPS) is 11.8. The summed E-state index contributed by atoms with van der Waals surface area (Å²) in [6.45, 7) is 5.77. The van der Waals surface area contributed by atoms with Crippen LogP contribution in [0.4, 0.5) is 18.9 Å². The molecule has 0 bridgehead atoms. The first-order valence-corrected chi connectivity index (χ1v) is 10.5. The molecule has 0 spiro atoms. The number of ether oxygens (including phenoxy) is 1. The van der Waals surface area contributed by atoms with Crippen LogP contribution in [0, 0.1) is 13.8 Å². The summed E-state index contributed by atoms with van der Waals surface area (Å²) >= 11 is 1.05. The van der Waals surface area contributed by atoms with Crippen LogP contribution in [0.1, 0.15) is 39.1 Å². The van der Waals surface area contributed by atoms with Crippen LogP contribution in [0.5, 0.6) is 11.7 Å². The summed E-state index contributed by atoms with van der Waals surface area (Å²) in [5, 5.41) is 16.6. The zero-order chi connectivity index (χ0) is 24.1. The van der Waals surface area contributed by atoms with Crippen molar-refractivity contribution in [3.8, 4) is 17.4 Å². The van der Waals surface area contributed by atoms with Gasteiger partial charge >= 0.3 is 12.1 Å². The van der Waals surface area contributed by atoms with Crippen molar-refractivity contribution < 1.29 is 37.0 Å². The topological polar surface area (TPSA) is 118 Å². The Bertz CT molecular complexity index is 1380. The van der Waals surface area contributed by atoms with Crippen LogP contribution in [-0.4, -0.2) is 22.4 Å². The third-order valence-electron chi connectivity index (χ3n) is 5.16. The largest absolute Gasteiger partial charge is 0.573 e. The van der Waals surface area contributed by atoms with E-state index < -0.39 is 29.5 Å². The molecule has 12 heteroatoms. The fourth-order valence-corrected chi connectivity index (χ4v) is 4.86. The van der Waals surface area contributed by atoms with Gasteiger partial charge in [0.2, 0.25) is 5.69 Å². The maximum Gasteiger partial charge on any atom is 0.573 e. The Morgan fingerprint density at radius 3 is 2.55 bits per heavy atom. The van der Waals surface area contributed by atoms with E-state index >= 15 is 0 Å². The molecule has 0 saturated heterocycles. The molecule has 3 heterocycles. The minimum atomic E-state index is -4.85. The number of alkyl halides is 3. The number of aryl methyl sites for hydroxylation is 2. The molecule has 0 aliphatic heterocycles. The van der Waals surface area contributed by atoms with Crippen molar-refractivity contribution >= 4 is 33.0 Å². The highest BCUT2D eigenvalue weighted by Crippen LogP contribution is 2.38. The van der Waals surface area contributed by atoms with Crippen molar-refractivity contribution in [2.45, 2.75) is 33.6 Å². The van der Waals surface area contributed by atoms with Gasteiger partial charge in [-0.25, -0.2) is 4.98 Å². The van der Waals surface area contributed by atoms with Gasteiger partial charge in [0.1, 0.15) is 15.5 Å². The molecule has 0 aliphatic carbocycles. The lowest BCUT2D eigenvalue weighted by Crippen LogP contribution is -2.39. The fraction of sp³-hybridized carbons (Fsp3) is 0.238. The maximum atomic E-state index is 13.3. The lowest BCUT2D eigenvalue weighted by molar-refractivity contribution is -0.672. The van der Waals surface area contributed by atoms with Crippen molar-refractivity contribution in [1.29, 1.82) is 0 Å². The number of nitrogens with zero attached hydrogens (tertiary/aromatic N) is 3. The Balaban J connectivity index is 1.78. The van der Waals surface area contributed by atoms with Crippen LogP contribution < -0.4 is 20.3 Å². The number of benzene rings is 1. The molecule has 3 aromatic heterocycles. The minimum Gasteiger partial charge on any atom is -0.539 e. The molecule has 0 amide bonds. The molecule has 4 aromatic rings. The molecule has 33 heavy (non-hydrogen) atoms. The average molecular weight is 478 g/mol. The van der Waals surface area contributed by atoms with Crippen LogP contribution in [0.3, 0.4) is 0 Å². The van der Waals surface area contributed by atoms with Crippen molar-refractivity contribution in [3.63, 3.8) is 0 Å². The van der Waals surface area contributed by atoms with Crippen LogP contribution in [0.25, 0.3) is 15.9 Å². The summed E-state index contributed by atoms with van der Waals surface area (Å²) in [6.07, 6.45) is -4.11. The smallest absolute Gasteiger partial charge is 0.539 e. The van der Waals surface area contributed by atoms with E-state index in [2.05, 4.69) is 19.5 Å². The van der Waals surface area contributed by atoms with Gasteiger partial charge in [0, 0.05) is 23.2 Å². The number of ketones is 1. The summed E-state index contributed by atoms with van der Waals surface area (Å²) in [6, 6.07) is 4.46. The fourth-order valence-electron chi connectivity index (χ4n) is 3.71. The first kappa shape index (κ1) is 22.5. The molecule has 8 nitrogen and oxygen atoms in total. The number of nitrogen functional groups attached to an aromatic ring is 1. The van der Waals surface area contributed by atoms with Crippen molar-refractivity contribution in [2.75, 3.05) is 5.73 Å². The second-order valence-corrected chi connectivity index (χ2v) is 8.17. The Kier molecular flexibility index (Phi) is 5.48. The van der Waals surface area contributed by atoms with Gasteiger partial charge in [0.25, 0.3) is 5.78 Å². The molecule has 4 rings (SSSR count). The van der Waals surface area contributed by atoms with Crippen LogP contribution in [0.2, 0.25) is 0 Å². The molecule has 0 saturated carbocycles. The highest BCUT2D eigenvalue weighted by atomic mass is 32.1. The van der Waals surface area contributed by atoms with E-state index in [9.17, 15) is 23.1 Å². The molecule has 0 aliphatic rings. The molecule has 2 N–H and O–H groups in total.